The average Bonchev–Trinajstić information content (AvgIpc) is 1.98. The molecular formula is C8H12N2. The van der Waals surface area contributed by atoms with Crippen molar-refractivity contribution in [3.05, 3.63) is 11.6 Å². The molecule has 0 spiro atoms. The predicted octanol–water partition coefficient (Wildman–Crippen LogP) is 1.94. The molecule has 0 aromatic heterocycles. The van der Waals surface area contributed by atoms with E-state index in [1.54, 1.807) is 6.21 Å². The van der Waals surface area contributed by atoms with Crippen molar-refractivity contribution in [2.75, 3.05) is 6.54 Å². The molecule has 2 nitrogen and oxygen atoms in total. The third kappa shape index (κ3) is 5.04. The van der Waals surface area contributed by atoms with E-state index in [-0.39, 0.29) is 0 Å². The van der Waals surface area contributed by atoms with Crippen LogP contribution in [0.4, 0.5) is 0 Å². The lowest BCUT2D eigenvalue weighted by molar-refractivity contribution is 1.02. The number of nitrogens with zero attached hydrogens (tertiary/aromatic N) is 2. The lowest BCUT2D eigenvalue weighted by Crippen LogP contribution is -1.80. The Bertz CT molecular complexity index is 172. The van der Waals surface area contributed by atoms with Crippen LogP contribution in [0, 0.1) is 11.3 Å². The van der Waals surface area contributed by atoms with Gasteiger partial charge in [0, 0.05) is 6.21 Å². The van der Waals surface area contributed by atoms with Crippen LogP contribution in [0.1, 0.15) is 20.3 Å². The van der Waals surface area contributed by atoms with E-state index in [2.05, 4.69) is 4.99 Å². The molecular weight excluding hydrogens is 124 g/mol. The zero-order valence-corrected chi connectivity index (χ0v) is 6.46. The van der Waals surface area contributed by atoms with Gasteiger partial charge in [-0.3, -0.25) is 4.99 Å². The second-order valence-electron chi connectivity index (χ2n) is 1.98. The first-order valence-corrected chi connectivity index (χ1v) is 3.31. The molecule has 2 heteroatoms. The van der Waals surface area contributed by atoms with Crippen molar-refractivity contribution in [2.45, 2.75) is 20.3 Å². The van der Waals surface area contributed by atoms with Crippen molar-refractivity contribution in [2.24, 2.45) is 4.99 Å². The normalized spacial score (nSPS) is 11.9. The third-order valence-corrected chi connectivity index (χ3v) is 1.10. The SMILES string of the molecule is C/C=C(/C)C=NCCC#N. The van der Waals surface area contributed by atoms with Crippen LogP contribution >= 0.6 is 0 Å². The van der Waals surface area contributed by atoms with Crippen molar-refractivity contribution in [1.29, 1.82) is 5.26 Å². The molecule has 0 rings (SSSR count). The molecule has 0 aliphatic carbocycles. The lowest BCUT2D eigenvalue weighted by Gasteiger charge is -1.86. The quantitative estimate of drug-likeness (QED) is 0.431. The van der Waals surface area contributed by atoms with E-state index in [0.29, 0.717) is 13.0 Å². The van der Waals surface area contributed by atoms with Crippen molar-refractivity contribution in [3.63, 3.8) is 0 Å². The minimum atomic E-state index is 0.507. The van der Waals surface area contributed by atoms with Crippen LogP contribution in [0.2, 0.25) is 0 Å². The van der Waals surface area contributed by atoms with Gasteiger partial charge in [0.25, 0.3) is 0 Å². The van der Waals surface area contributed by atoms with Gasteiger partial charge in [-0.1, -0.05) is 6.08 Å². The Morgan fingerprint density at radius 1 is 1.70 bits per heavy atom. The van der Waals surface area contributed by atoms with Gasteiger partial charge in [0.05, 0.1) is 19.0 Å². The minimum absolute atomic E-state index is 0.507. The van der Waals surface area contributed by atoms with Gasteiger partial charge in [-0.05, 0) is 19.4 Å². The molecule has 0 amide bonds. The molecule has 0 heterocycles. The maximum absolute atomic E-state index is 8.15. The predicted molar refractivity (Wildman–Crippen MR) is 43.0 cm³/mol. The molecule has 0 aliphatic rings. The monoisotopic (exact) mass is 136 g/mol. The van der Waals surface area contributed by atoms with E-state index < -0.39 is 0 Å². The first-order chi connectivity index (χ1) is 4.81. The van der Waals surface area contributed by atoms with Crippen molar-refractivity contribution < 1.29 is 0 Å². The van der Waals surface area contributed by atoms with Crippen molar-refractivity contribution in [1.82, 2.24) is 0 Å². The maximum Gasteiger partial charge on any atom is 0.0641 e. The van der Waals surface area contributed by atoms with Gasteiger partial charge in [0.1, 0.15) is 0 Å². The highest BCUT2D eigenvalue weighted by Gasteiger charge is 1.78. The fourth-order valence-electron chi connectivity index (χ4n) is 0.398. The summed E-state index contributed by atoms with van der Waals surface area (Å²) in [7, 11) is 0. The number of allylic oxidation sites excluding steroid dienone is 2. The summed E-state index contributed by atoms with van der Waals surface area (Å²) in [5.41, 5.74) is 1.14. The molecule has 0 aromatic carbocycles. The van der Waals surface area contributed by atoms with Gasteiger partial charge in [-0.15, -0.1) is 0 Å². The van der Waals surface area contributed by atoms with E-state index in [9.17, 15) is 0 Å². The van der Waals surface area contributed by atoms with Crippen LogP contribution in [0.15, 0.2) is 16.6 Å². The highest BCUT2D eigenvalue weighted by Crippen LogP contribution is 1.86. The van der Waals surface area contributed by atoms with Gasteiger partial charge < -0.3 is 0 Å². The molecule has 0 saturated heterocycles. The van der Waals surface area contributed by atoms with E-state index in [0.717, 1.165) is 5.57 Å². The fraction of sp³-hybridized carbons (Fsp3) is 0.500. The highest BCUT2D eigenvalue weighted by molar-refractivity contribution is 5.77. The average molecular weight is 136 g/mol. The molecule has 0 atom stereocenters. The fourth-order valence-corrected chi connectivity index (χ4v) is 0.398. The Hall–Kier alpha value is -1.10. The summed E-state index contributed by atoms with van der Waals surface area (Å²) in [4.78, 5) is 4.02. The standard InChI is InChI=1S/C8H12N2/c1-3-8(2)7-10-6-4-5-9/h3,7H,4,6H2,1-2H3/b8-3-,10-7?. The number of hydrogen-bond acceptors (Lipinski definition) is 2. The second kappa shape index (κ2) is 6.03. The molecule has 0 bridgehead atoms. The molecule has 54 valence electrons. The first-order valence-electron chi connectivity index (χ1n) is 3.31. The van der Waals surface area contributed by atoms with Gasteiger partial charge >= 0.3 is 0 Å². The smallest absolute Gasteiger partial charge is 0.0641 e. The van der Waals surface area contributed by atoms with E-state index >= 15 is 0 Å². The number of rotatable bonds is 3. The summed E-state index contributed by atoms with van der Waals surface area (Å²) in [6.45, 7) is 4.56. The van der Waals surface area contributed by atoms with Crippen LogP contribution in [0.25, 0.3) is 0 Å². The maximum atomic E-state index is 8.15. The third-order valence-electron chi connectivity index (χ3n) is 1.10. The molecule has 0 saturated carbocycles. The zero-order valence-electron chi connectivity index (χ0n) is 6.46. The summed E-state index contributed by atoms with van der Waals surface area (Å²) in [5.74, 6) is 0. The summed E-state index contributed by atoms with van der Waals surface area (Å²) in [5, 5.41) is 8.15. The topological polar surface area (TPSA) is 36.1 Å². The molecule has 0 fully saturated rings. The second-order valence-corrected chi connectivity index (χ2v) is 1.98. The van der Waals surface area contributed by atoms with E-state index in [4.69, 9.17) is 5.26 Å². The molecule has 0 unspecified atom stereocenters. The van der Waals surface area contributed by atoms with Gasteiger partial charge in [-0.2, -0.15) is 5.26 Å². The molecule has 0 aliphatic heterocycles. The summed E-state index contributed by atoms with van der Waals surface area (Å²) >= 11 is 0. The van der Waals surface area contributed by atoms with Crippen molar-refractivity contribution in [3.8, 4) is 6.07 Å². The van der Waals surface area contributed by atoms with Gasteiger partial charge in [0.15, 0.2) is 0 Å². The Morgan fingerprint density at radius 2 is 2.40 bits per heavy atom. The summed E-state index contributed by atoms with van der Waals surface area (Å²) < 4.78 is 0. The Kier molecular flexibility index (Phi) is 5.36. The van der Waals surface area contributed by atoms with Crippen molar-refractivity contribution >= 4 is 6.21 Å². The summed E-state index contributed by atoms with van der Waals surface area (Å²) in [6.07, 6.45) is 4.28. The van der Waals surface area contributed by atoms with E-state index in [1.807, 2.05) is 26.0 Å². The van der Waals surface area contributed by atoms with Gasteiger partial charge in [-0.25, -0.2) is 0 Å². The molecule has 0 aromatic rings. The number of aliphatic imine (C=N–C) groups is 1. The lowest BCUT2D eigenvalue weighted by atomic mass is 10.3. The number of nitriles is 1. The van der Waals surface area contributed by atoms with E-state index in [1.165, 1.54) is 0 Å². The summed E-state index contributed by atoms with van der Waals surface area (Å²) in [6, 6.07) is 2.03. The first kappa shape index (κ1) is 8.90. The van der Waals surface area contributed by atoms with Gasteiger partial charge in [0.2, 0.25) is 0 Å². The minimum Gasteiger partial charge on any atom is -0.292 e. The van der Waals surface area contributed by atoms with Crippen LogP contribution in [-0.4, -0.2) is 12.8 Å². The Morgan fingerprint density at radius 3 is 2.90 bits per heavy atom. The van der Waals surface area contributed by atoms with Crippen LogP contribution in [0.5, 0.6) is 0 Å². The Balaban J connectivity index is 3.49. The largest absolute Gasteiger partial charge is 0.292 e. The van der Waals surface area contributed by atoms with Crippen LogP contribution < -0.4 is 0 Å². The van der Waals surface area contributed by atoms with Crippen LogP contribution in [-0.2, 0) is 0 Å². The Labute approximate surface area is 61.9 Å². The number of hydrogen-bond donors (Lipinski definition) is 0. The molecule has 10 heavy (non-hydrogen) atoms. The molecule has 0 N–H and O–H groups in total. The van der Waals surface area contributed by atoms with Crippen LogP contribution in [0.3, 0.4) is 0 Å². The highest BCUT2D eigenvalue weighted by atomic mass is 14.7. The molecule has 0 radical (unpaired) electrons. The zero-order chi connectivity index (χ0) is 7.82.